The number of methoxy groups -OCH3 is 1. The minimum Gasteiger partial charge on any atom is -0.465 e. The van der Waals surface area contributed by atoms with E-state index in [0.717, 1.165) is 19.2 Å². The molecule has 0 aliphatic carbocycles. The van der Waals surface area contributed by atoms with Gasteiger partial charge in [0, 0.05) is 6.07 Å². The van der Waals surface area contributed by atoms with Gasteiger partial charge in [0.2, 0.25) is 0 Å². The van der Waals surface area contributed by atoms with Gasteiger partial charge in [-0.25, -0.2) is 9.18 Å². The zero-order chi connectivity index (χ0) is 15.5. The highest BCUT2D eigenvalue weighted by Crippen LogP contribution is 2.43. The molecule has 0 atom stereocenters. The predicted molar refractivity (Wildman–Crippen MR) is 81.2 cm³/mol. The van der Waals surface area contributed by atoms with Crippen LogP contribution >= 0.6 is 21.0 Å². The topological polar surface area (TPSA) is 69.4 Å². The second-order valence-corrected chi connectivity index (χ2v) is 16.0. The van der Waals surface area contributed by atoms with Crippen LogP contribution in [0.15, 0.2) is 17.0 Å². The molecule has 0 aliphatic heterocycles. The first-order chi connectivity index (χ1) is 9.15. The molecule has 1 aromatic rings. The molecule has 0 amide bonds. The average molecular weight is 335 g/mol. The molecule has 0 fully saturated rings. The van der Waals surface area contributed by atoms with Crippen molar-refractivity contribution >= 4 is 39.9 Å². The van der Waals surface area contributed by atoms with Crippen molar-refractivity contribution in [1.82, 2.24) is 0 Å². The summed E-state index contributed by atoms with van der Waals surface area (Å²) in [6, 6.07) is 1.94. The molecule has 0 bridgehead atoms. The molecule has 0 saturated carbocycles. The number of halogens is 1. The Morgan fingerprint density at radius 2 is 2.00 bits per heavy atom. The summed E-state index contributed by atoms with van der Waals surface area (Å²) in [4.78, 5) is 22.0. The van der Waals surface area contributed by atoms with E-state index in [2.05, 4.69) is 24.4 Å². The molecule has 0 aliphatic rings. The van der Waals surface area contributed by atoms with Gasteiger partial charge < -0.3 is 4.74 Å². The van der Waals surface area contributed by atoms with Crippen LogP contribution in [0.2, 0.25) is 19.6 Å². The van der Waals surface area contributed by atoms with E-state index < -0.39 is 29.5 Å². The first-order valence-electron chi connectivity index (χ1n) is 5.57. The molecule has 0 unspecified atom stereocenters. The molecule has 0 saturated heterocycles. The summed E-state index contributed by atoms with van der Waals surface area (Å²) in [5, 5.41) is 11.0. The van der Waals surface area contributed by atoms with Crippen LogP contribution < -0.4 is 0 Å². The number of ether oxygens (including phenoxy) is 1. The molecule has 20 heavy (non-hydrogen) atoms. The lowest BCUT2D eigenvalue weighted by atomic mass is 10.2. The van der Waals surface area contributed by atoms with Crippen molar-refractivity contribution in [2.24, 2.45) is 0 Å². The van der Waals surface area contributed by atoms with Crippen molar-refractivity contribution in [2.75, 3.05) is 7.11 Å². The Kier molecular flexibility index (Phi) is 5.60. The molecule has 1 aromatic carbocycles. The zero-order valence-corrected chi connectivity index (χ0v) is 14.1. The van der Waals surface area contributed by atoms with Crippen molar-refractivity contribution in [3.05, 3.63) is 33.6 Å². The summed E-state index contributed by atoms with van der Waals surface area (Å²) < 4.78 is 18.2. The zero-order valence-electron chi connectivity index (χ0n) is 11.4. The Morgan fingerprint density at radius 3 is 2.45 bits per heavy atom. The molecular formula is C11H14FNO4S2Si. The number of esters is 1. The highest BCUT2D eigenvalue weighted by Gasteiger charge is 2.25. The van der Waals surface area contributed by atoms with Crippen LogP contribution in [-0.4, -0.2) is 25.2 Å². The van der Waals surface area contributed by atoms with Gasteiger partial charge in [0.25, 0.3) is 5.69 Å². The van der Waals surface area contributed by atoms with Crippen LogP contribution in [0.5, 0.6) is 0 Å². The molecule has 1 rings (SSSR count). The second kappa shape index (κ2) is 6.59. The van der Waals surface area contributed by atoms with Crippen LogP contribution in [0.3, 0.4) is 0 Å². The van der Waals surface area contributed by atoms with Gasteiger partial charge >= 0.3 is 5.97 Å². The number of hydrogen-bond acceptors (Lipinski definition) is 6. The molecule has 0 heterocycles. The first-order valence-corrected chi connectivity index (χ1v) is 11.9. The summed E-state index contributed by atoms with van der Waals surface area (Å²) >= 11 is 0. The minimum absolute atomic E-state index is 0.201. The summed E-state index contributed by atoms with van der Waals surface area (Å²) in [5.74, 6) is -1.75. The Hall–Kier alpha value is -1.06. The summed E-state index contributed by atoms with van der Waals surface area (Å²) in [7, 11) is 2.26. The Labute approximate surface area is 124 Å². The maximum Gasteiger partial charge on any atom is 0.341 e. The molecule has 110 valence electrons. The van der Waals surface area contributed by atoms with E-state index in [4.69, 9.17) is 0 Å². The van der Waals surface area contributed by atoms with Crippen molar-refractivity contribution in [3.63, 3.8) is 0 Å². The molecule has 0 radical (unpaired) electrons. The highest BCUT2D eigenvalue weighted by atomic mass is 33.2. The van der Waals surface area contributed by atoms with E-state index in [1.807, 2.05) is 0 Å². The third-order valence-electron chi connectivity index (χ3n) is 2.03. The van der Waals surface area contributed by atoms with E-state index >= 15 is 0 Å². The normalized spacial score (nSPS) is 11.2. The highest BCUT2D eigenvalue weighted by molar-refractivity contribution is 8.87. The van der Waals surface area contributed by atoms with Gasteiger partial charge in [0.15, 0.2) is 0 Å². The third-order valence-corrected chi connectivity index (χ3v) is 10.7. The van der Waals surface area contributed by atoms with Gasteiger partial charge in [-0.05, 0) is 6.07 Å². The molecule has 0 aromatic heterocycles. The fraction of sp³-hybridized carbons (Fsp3) is 0.364. The van der Waals surface area contributed by atoms with E-state index in [0.29, 0.717) is 0 Å². The van der Waals surface area contributed by atoms with Crippen LogP contribution in [0.25, 0.3) is 0 Å². The summed E-state index contributed by atoms with van der Waals surface area (Å²) in [6.07, 6.45) is 0. The van der Waals surface area contributed by atoms with Gasteiger partial charge in [0.05, 0.1) is 16.9 Å². The minimum atomic E-state index is -1.51. The molecular weight excluding hydrogens is 321 g/mol. The van der Waals surface area contributed by atoms with E-state index in [1.165, 1.54) is 21.0 Å². The second-order valence-electron chi connectivity index (χ2n) is 4.83. The number of carbonyl (C=O) groups excluding carboxylic acids is 1. The lowest BCUT2D eigenvalue weighted by Crippen LogP contribution is -2.11. The average Bonchev–Trinajstić information content (AvgIpc) is 2.34. The summed E-state index contributed by atoms with van der Waals surface area (Å²) in [6.45, 7) is 6.24. The Bertz CT molecular complexity index is 548. The maximum absolute atomic E-state index is 13.8. The van der Waals surface area contributed by atoms with E-state index in [9.17, 15) is 19.3 Å². The fourth-order valence-electron chi connectivity index (χ4n) is 1.19. The Balaban J connectivity index is 3.21. The molecule has 9 heteroatoms. The largest absolute Gasteiger partial charge is 0.465 e. The van der Waals surface area contributed by atoms with Crippen molar-refractivity contribution in [1.29, 1.82) is 0 Å². The predicted octanol–water partition coefficient (Wildman–Crippen LogP) is 4.10. The lowest BCUT2D eigenvalue weighted by molar-refractivity contribution is -0.387. The van der Waals surface area contributed by atoms with E-state index in [1.54, 1.807) is 0 Å². The number of nitrogens with zero attached hydrogens (tertiary/aromatic N) is 1. The first kappa shape index (κ1) is 17.0. The molecule has 0 spiro atoms. The third kappa shape index (κ3) is 4.49. The van der Waals surface area contributed by atoms with E-state index in [-0.39, 0.29) is 10.6 Å². The summed E-state index contributed by atoms with van der Waals surface area (Å²) in [5.41, 5.74) is -0.718. The SMILES string of the molecule is COC(=O)c1cc([N+](=O)[O-])c(SS[Si](C)(C)C)cc1F. The van der Waals surface area contributed by atoms with Crippen molar-refractivity contribution in [2.45, 2.75) is 24.5 Å². The molecule has 5 nitrogen and oxygen atoms in total. The molecule has 0 N–H and O–H groups in total. The maximum atomic E-state index is 13.8. The van der Waals surface area contributed by atoms with Gasteiger partial charge in [0.1, 0.15) is 18.6 Å². The van der Waals surface area contributed by atoms with Gasteiger partial charge in [-0.3, -0.25) is 10.1 Å². The number of hydrogen-bond donors (Lipinski definition) is 0. The van der Waals surface area contributed by atoms with Crippen LogP contribution in [0, 0.1) is 15.9 Å². The standard InChI is InChI=1S/C11H14FNO4S2Si/c1-17-11(14)7-5-9(13(15)16)10(6-8(7)12)18-19-20(2,3)4/h5-6H,1-4H3. The van der Waals surface area contributed by atoms with Crippen molar-refractivity contribution in [3.8, 4) is 0 Å². The van der Waals surface area contributed by atoms with Gasteiger partial charge in [-0.2, -0.15) is 0 Å². The number of rotatable bonds is 5. The fourth-order valence-corrected chi connectivity index (χ4v) is 6.38. The van der Waals surface area contributed by atoms with Crippen molar-refractivity contribution < 1.29 is 18.8 Å². The quantitative estimate of drug-likeness (QED) is 0.265. The number of nitro groups is 1. The van der Waals surface area contributed by atoms with Crippen LogP contribution in [0.4, 0.5) is 10.1 Å². The number of nitro benzene ring substituents is 1. The van der Waals surface area contributed by atoms with Crippen LogP contribution in [0.1, 0.15) is 10.4 Å². The smallest absolute Gasteiger partial charge is 0.341 e. The van der Waals surface area contributed by atoms with Gasteiger partial charge in [-0.1, -0.05) is 30.4 Å². The van der Waals surface area contributed by atoms with Crippen LogP contribution in [-0.2, 0) is 4.74 Å². The lowest BCUT2D eigenvalue weighted by Gasteiger charge is -2.14. The monoisotopic (exact) mass is 335 g/mol. The van der Waals surface area contributed by atoms with Gasteiger partial charge in [-0.15, -0.1) is 10.2 Å². The number of benzene rings is 1. The number of carbonyl (C=O) groups is 1. The Morgan fingerprint density at radius 1 is 1.40 bits per heavy atom.